The summed E-state index contributed by atoms with van der Waals surface area (Å²) >= 11 is 3.73. The third-order valence-corrected chi connectivity index (χ3v) is 4.08. The molecular weight excluding hydrogens is 360 g/mol. The summed E-state index contributed by atoms with van der Waals surface area (Å²) in [7, 11) is 0. The highest BCUT2D eigenvalue weighted by molar-refractivity contribution is 9.10. The van der Waals surface area contributed by atoms with Gasteiger partial charge in [-0.05, 0) is 36.8 Å². The van der Waals surface area contributed by atoms with Crippen LogP contribution in [0.4, 0.5) is 14.5 Å². The molecule has 2 nitrogen and oxygen atoms in total. The lowest BCUT2D eigenvalue weighted by molar-refractivity contribution is 0.102. The van der Waals surface area contributed by atoms with Gasteiger partial charge in [0.15, 0.2) is 0 Å². The Balaban J connectivity index is 2.25. The van der Waals surface area contributed by atoms with Crippen LogP contribution in [-0.2, 0) is 0 Å². The summed E-state index contributed by atoms with van der Waals surface area (Å²) in [6.45, 7) is 1.82. The number of aryl methyl sites for hydroxylation is 1. The second-order valence-electron chi connectivity index (χ2n) is 4.29. The summed E-state index contributed by atoms with van der Waals surface area (Å²) in [4.78, 5) is 12.6. The van der Waals surface area contributed by atoms with Gasteiger partial charge in [-0.15, -0.1) is 0 Å². The molecule has 2 rings (SSSR count). The zero-order chi connectivity index (χ0) is 15.4. The number of nitrogens with one attached hydrogen (secondary N) is 1. The summed E-state index contributed by atoms with van der Waals surface area (Å²) in [6, 6.07) is 11.9. The minimum Gasteiger partial charge on any atom is -0.321 e. The number of hydrogen-bond donors (Lipinski definition) is 1. The quantitative estimate of drug-likeness (QED) is 0.736. The summed E-state index contributed by atoms with van der Waals surface area (Å²) in [5, 5.41) is 2.69. The van der Waals surface area contributed by atoms with Crippen LogP contribution in [0.2, 0.25) is 0 Å². The first-order valence-corrected chi connectivity index (χ1v) is 7.76. The first-order valence-electron chi connectivity index (χ1n) is 6.08. The number of carbonyl (C=O) groups excluding carboxylic acids is 1. The summed E-state index contributed by atoms with van der Waals surface area (Å²) in [5.41, 5.74) is 1.70. The number of alkyl halides is 2. The molecule has 1 N–H and O–H groups in total. The van der Waals surface area contributed by atoms with Crippen LogP contribution in [0.3, 0.4) is 0 Å². The van der Waals surface area contributed by atoms with Gasteiger partial charge >= 0.3 is 0 Å². The number of benzene rings is 2. The molecule has 0 bridgehead atoms. The lowest BCUT2D eigenvalue weighted by Crippen LogP contribution is -2.14. The van der Waals surface area contributed by atoms with Gasteiger partial charge in [-0.2, -0.15) is 8.78 Å². The normalized spacial score (nSPS) is 10.7. The molecule has 0 fully saturated rings. The third kappa shape index (κ3) is 4.28. The molecule has 0 heterocycles. The Kier molecular flexibility index (Phi) is 5.36. The minimum absolute atomic E-state index is 0.323. The van der Waals surface area contributed by atoms with E-state index in [1.54, 1.807) is 30.3 Å². The second-order valence-corrected chi connectivity index (χ2v) is 6.24. The van der Waals surface area contributed by atoms with Gasteiger partial charge in [0.25, 0.3) is 11.7 Å². The number of halogens is 3. The highest BCUT2D eigenvalue weighted by atomic mass is 79.9. The van der Waals surface area contributed by atoms with Crippen molar-refractivity contribution < 1.29 is 13.6 Å². The van der Waals surface area contributed by atoms with E-state index in [1.807, 2.05) is 19.1 Å². The molecule has 1 amide bonds. The van der Waals surface area contributed by atoms with Crippen molar-refractivity contribution in [2.75, 3.05) is 5.32 Å². The molecular formula is C15H12BrF2NOS. The maximum Gasteiger partial charge on any atom is 0.288 e. The van der Waals surface area contributed by atoms with E-state index in [0.29, 0.717) is 27.9 Å². The smallest absolute Gasteiger partial charge is 0.288 e. The number of anilines is 1. The number of carbonyl (C=O) groups is 1. The van der Waals surface area contributed by atoms with Crippen LogP contribution in [0.5, 0.6) is 0 Å². The third-order valence-electron chi connectivity index (χ3n) is 2.80. The summed E-state index contributed by atoms with van der Waals surface area (Å²) in [5.74, 6) is -2.85. The monoisotopic (exact) mass is 371 g/mol. The Morgan fingerprint density at radius 2 is 1.95 bits per heavy atom. The Labute approximate surface area is 134 Å². The van der Waals surface area contributed by atoms with Crippen molar-refractivity contribution in [1.29, 1.82) is 0 Å². The molecule has 0 unspecified atom stereocenters. The van der Waals surface area contributed by atoms with Gasteiger partial charge in [-0.1, -0.05) is 45.9 Å². The van der Waals surface area contributed by atoms with Gasteiger partial charge in [0.2, 0.25) is 0 Å². The van der Waals surface area contributed by atoms with Crippen LogP contribution in [0.1, 0.15) is 15.9 Å². The van der Waals surface area contributed by atoms with Crippen LogP contribution in [0.25, 0.3) is 0 Å². The largest absolute Gasteiger partial charge is 0.321 e. The molecule has 2 aromatic rings. The van der Waals surface area contributed by atoms with Gasteiger partial charge in [-0.3, -0.25) is 4.79 Å². The zero-order valence-electron chi connectivity index (χ0n) is 11.1. The predicted molar refractivity (Wildman–Crippen MR) is 85.1 cm³/mol. The summed E-state index contributed by atoms with van der Waals surface area (Å²) < 4.78 is 25.8. The number of rotatable bonds is 4. The van der Waals surface area contributed by atoms with Crippen LogP contribution in [0.15, 0.2) is 51.8 Å². The number of thioether (sulfide) groups is 1. The van der Waals surface area contributed by atoms with E-state index in [-0.39, 0.29) is 5.91 Å². The molecule has 0 saturated carbocycles. The van der Waals surface area contributed by atoms with Crippen LogP contribution < -0.4 is 5.32 Å². The molecule has 0 spiro atoms. The van der Waals surface area contributed by atoms with Crippen molar-refractivity contribution in [2.45, 2.75) is 17.6 Å². The lowest BCUT2D eigenvalue weighted by Gasteiger charge is -2.11. The first-order chi connectivity index (χ1) is 9.97. The molecule has 0 saturated heterocycles. The molecule has 0 atom stereocenters. The van der Waals surface area contributed by atoms with E-state index in [4.69, 9.17) is 0 Å². The van der Waals surface area contributed by atoms with E-state index in [0.717, 1.165) is 10.0 Å². The Morgan fingerprint density at radius 3 is 2.67 bits per heavy atom. The predicted octanol–water partition coefficient (Wildman–Crippen LogP) is 5.32. The highest BCUT2D eigenvalue weighted by Gasteiger charge is 2.14. The highest BCUT2D eigenvalue weighted by Crippen LogP contribution is 2.32. The molecule has 110 valence electrons. The standard InChI is InChI=1S/C15H12BrF2NOS/c1-9-6-7-10(16)8-11(9)14(20)19-12-4-2-3-5-13(12)21-15(17)18/h2-8,15H,1H3,(H,19,20). The SMILES string of the molecule is Cc1ccc(Br)cc1C(=O)Nc1ccccc1SC(F)F. The van der Waals surface area contributed by atoms with Crippen LogP contribution >= 0.6 is 27.7 Å². The van der Waals surface area contributed by atoms with E-state index in [9.17, 15) is 13.6 Å². The molecule has 0 aliphatic rings. The molecule has 2 aromatic carbocycles. The van der Waals surface area contributed by atoms with Gasteiger partial charge in [0.1, 0.15) is 0 Å². The van der Waals surface area contributed by atoms with Gasteiger partial charge in [0.05, 0.1) is 5.69 Å². The fourth-order valence-corrected chi connectivity index (χ4v) is 2.75. The van der Waals surface area contributed by atoms with Gasteiger partial charge < -0.3 is 5.32 Å². The van der Waals surface area contributed by atoms with Gasteiger partial charge in [-0.25, -0.2) is 0 Å². The number of amides is 1. The molecule has 0 aliphatic carbocycles. The number of para-hydroxylation sites is 1. The average Bonchev–Trinajstić information content (AvgIpc) is 2.43. The molecule has 0 aliphatic heterocycles. The fourth-order valence-electron chi connectivity index (χ4n) is 1.80. The first kappa shape index (κ1) is 16.0. The lowest BCUT2D eigenvalue weighted by atomic mass is 10.1. The van der Waals surface area contributed by atoms with E-state index < -0.39 is 5.76 Å². The average molecular weight is 372 g/mol. The van der Waals surface area contributed by atoms with Crippen LogP contribution in [-0.4, -0.2) is 11.7 Å². The molecule has 6 heteroatoms. The Hall–Kier alpha value is -1.40. The second kappa shape index (κ2) is 7.04. The maximum absolute atomic E-state index is 12.5. The van der Waals surface area contributed by atoms with Crippen molar-refractivity contribution in [3.05, 3.63) is 58.1 Å². The molecule has 0 aromatic heterocycles. The molecule has 0 radical (unpaired) electrons. The number of hydrogen-bond acceptors (Lipinski definition) is 2. The van der Waals surface area contributed by atoms with Crippen LogP contribution in [0, 0.1) is 6.92 Å². The Morgan fingerprint density at radius 1 is 1.24 bits per heavy atom. The topological polar surface area (TPSA) is 29.1 Å². The minimum atomic E-state index is -2.53. The van der Waals surface area contributed by atoms with E-state index >= 15 is 0 Å². The Bertz CT molecular complexity index is 664. The van der Waals surface area contributed by atoms with Crippen molar-refractivity contribution >= 4 is 39.3 Å². The molecule has 21 heavy (non-hydrogen) atoms. The fraction of sp³-hybridized carbons (Fsp3) is 0.133. The van der Waals surface area contributed by atoms with E-state index in [1.165, 1.54) is 0 Å². The maximum atomic E-state index is 12.5. The van der Waals surface area contributed by atoms with Crippen molar-refractivity contribution in [2.24, 2.45) is 0 Å². The van der Waals surface area contributed by atoms with Crippen molar-refractivity contribution in [3.8, 4) is 0 Å². The zero-order valence-corrected chi connectivity index (χ0v) is 13.5. The summed E-state index contributed by atoms with van der Waals surface area (Å²) in [6.07, 6.45) is 0. The van der Waals surface area contributed by atoms with Crippen molar-refractivity contribution in [1.82, 2.24) is 0 Å². The van der Waals surface area contributed by atoms with E-state index in [2.05, 4.69) is 21.2 Å². The van der Waals surface area contributed by atoms with Crippen molar-refractivity contribution in [3.63, 3.8) is 0 Å². The van der Waals surface area contributed by atoms with Gasteiger partial charge in [0, 0.05) is 14.9 Å².